The van der Waals surface area contributed by atoms with Crippen LogP contribution >= 0.6 is 0 Å². The standard InChI is InChI=1S/C10H14N4O3S/c1-14(9-18(16,17)11-7-8-15)13-12-10-5-3-2-4-6-10/h2-6,8,11H,7,9H2,1H3. The van der Waals surface area contributed by atoms with Crippen LogP contribution in [0.25, 0.3) is 0 Å². The van der Waals surface area contributed by atoms with Crippen molar-refractivity contribution in [3.63, 3.8) is 0 Å². The van der Waals surface area contributed by atoms with Crippen molar-refractivity contribution >= 4 is 22.0 Å². The van der Waals surface area contributed by atoms with Gasteiger partial charge in [-0.3, -0.25) is 5.01 Å². The molecule has 0 aliphatic rings. The highest BCUT2D eigenvalue weighted by Gasteiger charge is 2.11. The Hall–Kier alpha value is -1.80. The number of benzene rings is 1. The molecule has 0 bridgehead atoms. The Kier molecular flexibility index (Phi) is 5.40. The first-order valence-corrected chi connectivity index (χ1v) is 6.77. The van der Waals surface area contributed by atoms with E-state index >= 15 is 0 Å². The van der Waals surface area contributed by atoms with Crippen LogP contribution in [-0.4, -0.2) is 39.2 Å². The summed E-state index contributed by atoms with van der Waals surface area (Å²) in [7, 11) is -2.08. The topological polar surface area (TPSA) is 91.2 Å². The van der Waals surface area contributed by atoms with Crippen LogP contribution < -0.4 is 4.72 Å². The van der Waals surface area contributed by atoms with Gasteiger partial charge in [-0.25, -0.2) is 13.1 Å². The van der Waals surface area contributed by atoms with Crippen molar-refractivity contribution in [2.45, 2.75) is 0 Å². The SMILES string of the molecule is CN(CS(=O)(=O)NCC=O)N=Nc1ccccc1. The fraction of sp³-hybridized carbons (Fsp3) is 0.300. The maximum atomic E-state index is 11.4. The summed E-state index contributed by atoms with van der Waals surface area (Å²) in [5.41, 5.74) is 0.627. The quantitative estimate of drug-likeness (QED) is 0.448. The van der Waals surface area contributed by atoms with E-state index < -0.39 is 10.0 Å². The van der Waals surface area contributed by atoms with Crippen LogP contribution in [0.4, 0.5) is 5.69 Å². The number of nitrogens with one attached hydrogen (secondary N) is 1. The van der Waals surface area contributed by atoms with Gasteiger partial charge in [0.2, 0.25) is 10.0 Å². The summed E-state index contributed by atoms with van der Waals surface area (Å²) < 4.78 is 24.9. The van der Waals surface area contributed by atoms with E-state index in [1.807, 2.05) is 6.07 Å². The molecule has 0 aliphatic carbocycles. The summed E-state index contributed by atoms with van der Waals surface area (Å²) in [5.74, 6) is -0.364. The zero-order chi connectivity index (χ0) is 13.4. The molecule has 0 fully saturated rings. The molecule has 98 valence electrons. The van der Waals surface area contributed by atoms with Crippen LogP contribution in [0.2, 0.25) is 0 Å². The van der Waals surface area contributed by atoms with Crippen LogP contribution in [0.3, 0.4) is 0 Å². The number of carbonyl (C=O) groups excluding carboxylic acids is 1. The number of sulfonamides is 1. The summed E-state index contributed by atoms with van der Waals surface area (Å²) in [4.78, 5) is 10.1. The second-order valence-corrected chi connectivity index (χ2v) is 5.22. The smallest absolute Gasteiger partial charge is 0.231 e. The molecular weight excluding hydrogens is 256 g/mol. The van der Waals surface area contributed by atoms with Crippen molar-refractivity contribution in [3.05, 3.63) is 30.3 Å². The number of nitrogens with zero attached hydrogens (tertiary/aromatic N) is 3. The molecule has 0 amide bonds. The van der Waals surface area contributed by atoms with E-state index in [2.05, 4.69) is 15.1 Å². The van der Waals surface area contributed by atoms with Gasteiger partial charge in [-0.05, 0) is 12.1 Å². The zero-order valence-corrected chi connectivity index (χ0v) is 10.7. The molecule has 0 saturated heterocycles. The Bertz CT molecular complexity index is 501. The third-order valence-corrected chi connectivity index (χ3v) is 3.13. The van der Waals surface area contributed by atoms with Crippen molar-refractivity contribution in [1.29, 1.82) is 0 Å². The van der Waals surface area contributed by atoms with Crippen molar-refractivity contribution in [3.8, 4) is 0 Å². The van der Waals surface area contributed by atoms with E-state index in [0.717, 1.165) is 0 Å². The molecule has 1 aromatic carbocycles. The minimum atomic E-state index is -3.56. The Balaban J connectivity index is 2.54. The van der Waals surface area contributed by atoms with Gasteiger partial charge in [-0.1, -0.05) is 23.4 Å². The molecule has 18 heavy (non-hydrogen) atoms. The molecule has 1 aromatic rings. The molecule has 0 unspecified atom stereocenters. The van der Waals surface area contributed by atoms with Gasteiger partial charge in [0.1, 0.15) is 6.29 Å². The maximum Gasteiger partial charge on any atom is 0.231 e. The second kappa shape index (κ2) is 6.82. The van der Waals surface area contributed by atoms with Crippen molar-refractivity contribution < 1.29 is 13.2 Å². The van der Waals surface area contributed by atoms with E-state index in [9.17, 15) is 13.2 Å². The van der Waals surface area contributed by atoms with Gasteiger partial charge in [0.15, 0.2) is 5.88 Å². The molecule has 0 saturated carbocycles. The predicted molar refractivity (Wildman–Crippen MR) is 66.6 cm³/mol. The van der Waals surface area contributed by atoms with E-state index in [4.69, 9.17) is 0 Å². The normalized spacial score (nSPS) is 11.6. The maximum absolute atomic E-state index is 11.4. The minimum absolute atomic E-state index is 0.244. The minimum Gasteiger partial charge on any atom is -0.302 e. The van der Waals surface area contributed by atoms with Crippen molar-refractivity contribution in [1.82, 2.24) is 9.73 Å². The van der Waals surface area contributed by atoms with Crippen molar-refractivity contribution in [2.75, 3.05) is 19.5 Å². The van der Waals surface area contributed by atoms with Gasteiger partial charge in [0.05, 0.1) is 12.2 Å². The molecular formula is C10H14N4O3S. The van der Waals surface area contributed by atoms with E-state index in [-0.39, 0.29) is 12.4 Å². The molecule has 0 spiro atoms. The van der Waals surface area contributed by atoms with Crippen molar-refractivity contribution in [2.24, 2.45) is 10.3 Å². The lowest BCUT2D eigenvalue weighted by atomic mass is 10.3. The van der Waals surface area contributed by atoms with Crippen LogP contribution in [0.5, 0.6) is 0 Å². The Labute approximate surface area is 106 Å². The molecule has 0 aliphatic heterocycles. The first-order chi connectivity index (χ1) is 8.53. The number of hydrogen-bond donors (Lipinski definition) is 1. The Morgan fingerprint density at radius 2 is 2.00 bits per heavy atom. The average molecular weight is 270 g/mol. The third-order valence-electron chi connectivity index (χ3n) is 1.81. The number of aldehydes is 1. The number of carbonyl (C=O) groups is 1. The van der Waals surface area contributed by atoms with Crippen LogP contribution in [0.15, 0.2) is 40.7 Å². The predicted octanol–water partition coefficient (Wildman–Crippen LogP) is 0.693. The van der Waals surface area contributed by atoms with Crippen LogP contribution in [-0.2, 0) is 14.8 Å². The van der Waals surface area contributed by atoms with Gasteiger partial charge in [0.25, 0.3) is 0 Å². The molecule has 8 heteroatoms. The van der Waals surface area contributed by atoms with Gasteiger partial charge >= 0.3 is 0 Å². The van der Waals surface area contributed by atoms with E-state index in [1.165, 1.54) is 12.1 Å². The summed E-state index contributed by atoms with van der Waals surface area (Å²) in [5, 5.41) is 8.77. The highest BCUT2D eigenvalue weighted by Crippen LogP contribution is 2.10. The molecule has 1 rings (SSSR count). The van der Waals surface area contributed by atoms with Gasteiger partial charge < -0.3 is 4.79 Å². The van der Waals surface area contributed by atoms with E-state index in [1.54, 1.807) is 24.3 Å². The summed E-state index contributed by atoms with van der Waals surface area (Å²) >= 11 is 0. The molecule has 0 aromatic heterocycles. The Morgan fingerprint density at radius 3 is 2.61 bits per heavy atom. The lowest BCUT2D eigenvalue weighted by molar-refractivity contribution is -0.106. The van der Waals surface area contributed by atoms with Crippen LogP contribution in [0, 0.1) is 0 Å². The lowest BCUT2D eigenvalue weighted by Crippen LogP contribution is -2.33. The first kappa shape index (κ1) is 14.3. The third kappa shape index (κ3) is 5.51. The zero-order valence-electron chi connectivity index (χ0n) is 9.85. The molecule has 0 heterocycles. The molecule has 0 atom stereocenters. The number of rotatable bonds is 7. The monoisotopic (exact) mass is 270 g/mol. The van der Waals surface area contributed by atoms with Gasteiger partial charge in [-0.15, -0.1) is 5.11 Å². The first-order valence-electron chi connectivity index (χ1n) is 5.12. The van der Waals surface area contributed by atoms with Gasteiger partial charge in [-0.2, -0.15) is 0 Å². The Morgan fingerprint density at radius 1 is 1.33 bits per heavy atom. The fourth-order valence-corrected chi connectivity index (χ4v) is 2.06. The van der Waals surface area contributed by atoms with E-state index in [0.29, 0.717) is 12.0 Å². The number of hydrogen-bond acceptors (Lipinski definition) is 5. The lowest BCUT2D eigenvalue weighted by Gasteiger charge is -2.11. The summed E-state index contributed by atoms with van der Waals surface area (Å²) in [6, 6.07) is 8.94. The molecule has 1 N–H and O–H groups in total. The van der Waals surface area contributed by atoms with Crippen LogP contribution in [0.1, 0.15) is 0 Å². The molecule has 0 radical (unpaired) electrons. The second-order valence-electron chi connectivity index (χ2n) is 3.44. The average Bonchev–Trinajstić information content (AvgIpc) is 2.35. The summed E-state index contributed by atoms with van der Waals surface area (Å²) in [6.45, 7) is -0.244. The van der Waals surface area contributed by atoms with Gasteiger partial charge in [0, 0.05) is 7.05 Å². The highest BCUT2D eigenvalue weighted by molar-refractivity contribution is 7.89. The molecule has 7 nitrogen and oxygen atoms in total. The summed E-state index contributed by atoms with van der Waals surface area (Å²) in [6.07, 6.45) is 0.475. The largest absolute Gasteiger partial charge is 0.302 e. The fourth-order valence-electron chi connectivity index (χ4n) is 1.10. The highest BCUT2D eigenvalue weighted by atomic mass is 32.2.